The van der Waals surface area contributed by atoms with E-state index in [0.29, 0.717) is 17.1 Å². The topological polar surface area (TPSA) is 12.0 Å². The van der Waals surface area contributed by atoms with E-state index >= 15 is 0 Å². The van der Waals surface area contributed by atoms with Gasteiger partial charge in [-0.05, 0) is 35.4 Å². The first-order valence-electron chi connectivity index (χ1n) is 6.45. The largest absolute Gasteiger partial charge is 0.310 e. The van der Waals surface area contributed by atoms with Crippen LogP contribution in [0.4, 0.5) is 8.78 Å². The molecule has 2 rings (SSSR count). The van der Waals surface area contributed by atoms with Crippen molar-refractivity contribution in [3.8, 4) is 11.1 Å². The highest BCUT2D eigenvalue weighted by atomic mass is 35.5. The van der Waals surface area contributed by atoms with Gasteiger partial charge in [0.1, 0.15) is 11.6 Å². The molecule has 0 radical (unpaired) electrons. The van der Waals surface area contributed by atoms with Crippen LogP contribution in [0.3, 0.4) is 0 Å². The Morgan fingerprint density at radius 1 is 1.10 bits per heavy atom. The summed E-state index contributed by atoms with van der Waals surface area (Å²) in [6.45, 7) is 4.52. The van der Waals surface area contributed by atoms with E-state index in [9.17, 15) is 8.78 Å². The molecule has 20 heavy (non-hydrogen) atoms. The predicted molar refractivity (Wildman–Crippen MR) is 78.8 cm³/mol. The van der Waals surface area contributed by atoms with Crippen LogP contribution in [0.25, 0.3) is 11.1 Å². The van der Waals surface area contributed by atoms with Gasteiger partial charge < -0.3 is 5.32 Å². The smallest absolute Gasteiger partial charge is 0.133 e. The van der Waals surface area contributed by atoms with Gasteiger partial charge >= 0.3 is 0 Å². The SMILES string of the molecule is CC(C)NCc1cc(Cl)ccc1-c1c(F)cccc1F. The molecule has 0 amide bonds. The number of benzene rings is 2. The Balaban J connectivity index is 2.50. The zero-order valence-electron chi connectivity index (χ0n) is 11.4. The van der Waals surface area contributed by atoms with Crippen molar-refractivity contribution in [1.29, 1.82) is 0 Å². The van der Waals surface area contributed by atoms with Crippen molar-refractivity contribution in [2.75, 3.05) is 0 Å². The third-order valence-electron chi connectivity index (χ3n) is 3.00. The lowest BCUT2D eigenvalue weighted by Crippen LogP contribution is -2.22. The maximum atomic E-state index is 13.9. The van der Waals surface area contributed by atoms with Gasteiger partial charge in [-0.3, -0.25) is 0 Å². The van der Waals surface area contributed by atoms with Gasteiger partial charge in [-0.2, -0.15) is 0 Å². The fourth-order valence-corrected chi connectivity index (χ4v) is 2.22. The standard InChI is InChI=1S/C16H16ClF2N/c1-10(2)20-9-11-8-12(17)6-7-13(11)16-14(18)4-3-5-15(16)19/h3-8,10,20H,9H2,1-2H3. The molecule has 0 aromatic heterocycles. The second kappa shape index (κ2) is 6.33. The van der Waals surface area contributed by atoms with Crippen LogP contribution in [0, 0.1) is 11.6 Å². The Morgan fingerprint density at radius 3 is 2.35 bits per heavy atom. The Hall–Kier alpha value is -1.45. The van der Waals surface area contributed by atoms with Gasteiger partial charge in [0.2, 0.25) is 0 Å². The van der Waals surface area contributed by atoms with Crippen molar-refractivity contribution in [2.45, 2.75) is 26.4 Å². The molecule has 0 saturated heterocycles. The number of halogens is 3. The van der Waals surface area contributed by atoms with Gasteiger partial charge in [0.25, 0.3) is 0 Å². The van der Waals surface area contributed by atoms with Crippen LogP contribution < -0.4 is 5.32 Å². The molecule has 1 N–H and O–H groups in total. The van der Waals surface area contributed by atoms with Gasteiger partial charge in [0.05, 0.1) is 5.56 Å². The monoisotopic (exact) mass is 295 g/mol. The van der Waals surface area contributed by atoms with Gasteiger partial charge in [-0.15, -0.1) is 0 Å². The average molecular weight is 296 g/mol. The Morgan fingerprint density at radius 2 is 1.75 bits per heavy atom. The summed E-state index contributed by atoms with van der Waals surface area (Å²) < 4.78 is 27.8. The van der Waals surface area contributed by atoms with Crippen LogP contribution in [0.1, 0.15) is 19.4 Å². The molecule has 0 atom stereocenters. The molecule has 0 spiro atoms. The zero-order chi connectivity index (χ0) is 14.7. The van der Waals surface area contributed by atoms with Gasteiger partial charge in [-0.1, -0.05) is 37.6 Å². The highest BCUT2D eigenvalue weighted by Gasteiger charge is 2.15. The van der Waals surface area contributed by atoms with Crippen molar-refractivity contribution in [2.24, 2.45) is 0 Å². The van der Waals surface area contributed by atoms with Crippen LogP contribution in [-0.4, -0.2) is 6.04 Å². The molecular formula is C16H16ClF2N. The van der Waals surface area contributed by atoms with E-state index in [1.54, 1.807) is 18.2 Å². The lowest BCUT2D eigenvalue weighted by Gasteiger charge is -2.14. The molecule has 2 aromatic carbocycles. The highest BCUT2D eigenvalue weighted by molar-refractivity contribution is 6.30. The summed E-state index contributed by atoms with van der Waals surface area (Å²) in [6, 6.07) is 9.17. The average Bonchev–Trinajstić information content (AvgIpc) is 2.38. The Labute approximate surface area is 122 Å². The van der Waals surface area contributed by atoms with Crippen molar-refractivity contribution in [1.82, 2.24) is 5.32 Å². The molecular weight excluding hydrogens is 280 g/mol. The first-order valence-corrected chi connectivity index (χ1v) is 6.83. The van der Waals surface area contributed by atoms with E-state index < -0.39 is 11.6 Å². The first-order chi connectivity index (χ1) is 9.49. The third kappa shape index (κ3) is 3.35. The fraction of sp³-hybridized carbons (Fsp3) is 0.250. The third-order valence-corrected chi connectivity index (χ3v) is 3.24. The maximum absolute atomic E-state index is 13.9. The number of hydrogen-bond donors (Lipinski definition) is 1. The molecule has 0 saturated carbocycles. The van der Waals surface area contributed by atoms with Crippen molar-refractivity contribution in [3.63, 3.8) is 0 Å². The summed E-state index contributed by atoms with van der Waals surface area (Å²) in [7, 11) is 0. The highest BCUT2D eigenvalue weighted by Crippen LogP contribution is 2.30. The van der Waals surface area contributed by atoms with Crippen molar-refractivity contribution >= 4 is 11.6 Å². The Bertz CT molecular complexity index is 591. The predicted octanol–water partition coefficient (Wildman–Crippen LogP) is 4.78. The fourth-order valence-electron chi connectivity index (χ4n) is 2.02. The summed E-state index contributed by atoms with van der Waals surface area (Å²) in [6.07, 6.45) is 0. The minimum atomic E-state index is -0.571. The van der Waals surface area contributed by atoms with Crippen LogP contribution in [0.2, 0.25) is 5.02 Å². The summed E-state index contributed by atoms with van der Waals surface area (Å²) >= 11 is 5.98. The molecule has 0 heterocycles. The summed E-state index contributed by atoms with van der Waals surface area (Å²) in [4.78, 5) is 0. The van der Waals surface area contributed by atoms with Crippen LogP contribution in [0.15, 0.2) is 36.4 Å². The molecule has 0 aliphatic rings. The van der Waals surface area contributed by atoms with Gasteiger partial charge in [-0.25, -0.2) is 8.78 Å². The van der Waals surface area contributed by atoms with E-state index in [1.807, 2.05) is 13.8 Å². The molecule has 0 bridgehead atoms. The van der Waals surface area contributed by atoms with Crippen LogP contribution >= 0.6 is 11.6 Å². The second-order valence-electron chi connectivity index (χ2n) is 4.93. The Kier molecular flexibility index (Phi) is 4.73. The minimum absolute atomic E-state index is 0.00952. The number of hydrogen-bond acceptors (Lipinski definition) is 1. The summed E-state index contributed by atoms with van der Waals surface area (Å²) in [5.74, 6) is -1.14. The molecule has 0 aliphatic heterocycles. The molecule has 4 heteroatoms. The van der Waals surface area contributed by atoms with E-state index in [2.05, 4.69) is 5.32 Å². The van der Waals surface area contributed by atoms with Crippen molar-refractivity contribution < 1.29 is 8.78 Å². The number of nitrogens with one attached hydrogen (secondary N) is 1. The second-order valence-corrected chi connectivity index (χ2v) is 5.37. The van der Waals surface area contributed by atoms with Gasteiger partial charge in [0.15, 0.2) is 0 Å². The molecule has 106 valence electrons. The molecule has 2 aromatic rings. The van der Waals surface area contributed by atoms with E-state index in [-0.39, 0.29) is 11.6 Å². The van der Waals surface area contributed by atoms with E-state index in [0.717, 1.165) is 5.56 Å². The maximum Gasteiger partial charge on any atom is 0.133 e. The molecule has 0 unspecified atom stereocenters. The minimum Gasteiger partial charge on any atom is -0.310 e. The lowest BCUT2D eigenvalue weighted by atomic mass is 9.98. The normalized spacial score (nSPS) is 11.1. The number of rotatable bonds is 4. The van der Waals surface area contributed by atoms with Crippen LogP contribution in [0.5, 0.6) is 0 Å². The lowest BCUT2D eigenvalue weighted by molar-refractivity contribution is 0.582. The summed E-state index contributed by atoms with van der Waals surface area (Å²) in [5.41, 5.74) is 1.29. The van der Waals surface area contributed by atoms with E-state index in [1.165, 1.54) is 18.2 Å². The quantitative estimate of drug-likeness (QED) is 0.855. The van der Waals surface area contributed by atoms with Crippen molar-refractivity contribution in [3.05, 3.63) is 58.6 Å². The molecule has 0 fully saturated rings. The van der Waals surface area contributed by atoms with E-state index in [4.69, 9.17) is 11.6 Å². The van der Waals surface area contributed by atoms with Crippen LogP contribution in [-0.2, 0) is 6.54 Å². The molecule has 0 aliphatic carbocycles. The van der Waals surface area contributed by atoms with Gasteiger partial charge in [0, 0.05) is 17.6 Å². The molecule has 1 nitrogen and oxygen atoms in total. The summed E-state index contributed by atoms with van der Waals surface area (Å²) in [5, 5.41) is 3.78. The first kappa shape index (κ1) is 14.9. The zero-order valence-corrected chi connectivity index (χ0v) is 12.1.